The summed E-state index contributed by atoms with van der Waals surface area (Å²) in [7, 11) is 0. The zero-order chi connectivity index (χ0) is 24.7. The molecular formula is C28H31FN4O3. The van der Waals surface area contributed by atoms with Crippen LogP contribution in [-0.4, -0.2) is 39.1 Å². The highest BCUT2D eigenvalue weighted by Crippen LogP contribution is 2.44. The monoisotopic (exact) mass is 490 g/mol. The normalized spacial score (nSPS) is 24.6. The van der Waals surface area contributed by atoms with E-state index in [0.717, 1.165) is 56.8 Å². The first-order valence-electron chi connectivity index (χ1n) is 12.9. The summed E-state index contributed by atoms with van der Waals surface area (Å²) in [6.07, 6.45) is 5.35. The van der Waals surface area contributed by atoms with Gasteiger partial charge in [-0.25, -0.2) is 4.39 Å². The number of ether oxygens (including phenoxy) is 1. The number of hydrogen-bond donors (Lipinski definition) is 0. The van der Waals surface area contributed by atoms with Crippen molar-refractivity contribution in [1.29, 1.82) is 0 Å². The van der Waals surface area contributed by atoms with Crippen molar-refractivity contribution in [2.45, 2.75) is 76.1 Å². The van der Waals surface area contributed by atoms with Crippen molar-refractivity contribution in [3.8, 4) is 5.75 Å². The summed E-state index contributed by atoms with van der Waals surface area (Å²) >= 11 is 0. The fourth-order valence-electron chi connectivity index (χ4n) is 5.83. The fraction of sp³-hybridized carbons (Fsp3) is 0.464. The van der Waals surface area contributed by atoms with E-state index in [0.29, 0.717) is 23.9 Å². The SMILES string of the molecule is CC1CC2(CCC(=O)N2c2cccc(F)c2)CCN1Cc1cccc(OCc2nc(C3CC3)no2)c1. The molecule has 1 aromatic heterocycles. The van der Waals surface area contributed by atoms with Gasteiger partial charge in [-0.05, 0) is 74.9 Å². The number of amides is 1. The van der Waals surface area contributed by atoms with E-state index in [1.165, 1.54) is 17.7 Å². The van der Waals surface area contributed by atoms with E-state index >= 15 is 0 Å². The standard InChI is InChI=1S/C28H31FN4O3/c1-19-16-28(11-10-26(34)33(28)23-6-3-5-22(29)15-23)12-13-32(19)17-20-4-2-7-24(14-20)35-18-25-30-27(31-36-25)21-8-9-21/h2-7,14-15,19,21H,8-13,16-18H2,1H3. The molecule has 7 nitrogen and oxygen atoms in total. The molecule has 0 bridgehead atoms. The molecule has 2 saturated heterocycles. The lowest BCUT2D eigenvalue weighted by atomic mass is 9.81. The van der Waals surface area contributed by atoms with Gasteiger partial charge in [0.05, 0.1) is 5.54 Å². The van der Waals surface area contributed by atoms with Gasteiger partial charge in [-0.1, -0.05) is 23.4 Å². The first-order chi connectivity index (χ1) is 17.5. The zero-order valence-corrected chi connectivity index (χ0v) is 20.5. The first-order valence-corrected chi connectivity index (χ1v) is 12.9. The highest BCUT2D eigenvalue weighted by Gasteiger charge is 2.49. The predicted molar refractivity (Wildman–Crippen MR) is 132 cm³/mol. The third-order valence-corrected chi connectivity index (χ3v) is 7.83. The van der Waals surface area contributed by atoms with Crippen LogP contribution in [0.1, 0.15) is 68.6 Å². The number of benzene rings is 2. The molecule has 3 aromatic rings. The Morgan fingerprint density at radius 3 is 2.83 bits per heavy atom. The molecule has 6 rings (SSSR count). The van der Waals surface area contributed by atoms with Gasteiger partial charge in [0, 0.05) is 37.2 Å². The Bertz CT molecular complexity index is 1260. The molecule has 188 valence electrons. The van der Waals surface area contributed by atoms with Crippen LogP contribution in [-0.2, 0) is 17.9 Å². The molecule has 3 fully saturated rings. The molecule has 2 atom stereocenters. The number of rotatable bonds is 7. The molecule has 3 heterocycles. The van der Waals surface area contributed by atoms with Gasteiger partial charge in [-0.3, -0.25) is 9.69 Å². The molecule has 8 heteroatoms. The Hall–Kier alpha value is -3.26. The molecule has 2 aliphatic heterocycles. The Kier molecular flexibility index (Phi) is 5.99. The second kappa shape index (κ2) is 9.32. The lowest BCUT2D eigenvalue weighted by molar-refractivity contribution is -0.117. The van der Waals surface area contributed by atoms with Crippen LogP contribution in [0.4, 0.5) is 10.1 Å². The van der Waals surface area contributed by atoms with E-state index in [9.17, 15) is 9.18 Å². The molecule has 36 heavy (non-hydrogen) atoms. The van der Waals surface area contributed by atoms with Crippen LogP contribution < -0.4 is 9.64 Å². The molecule has 2 aromatic carbocycles. The smallest absolute Gasteiger partial charge is 0.264 e. The minimum absolute atomic E-state index is 0.0941. The molecular weight excluding hydrogens is 459 g/mol. The summed E-state index contributed by atoms with van der Waals surface area (Å²) in [6.45, 7) is 4.16. The Morgan fingerprint density at radius 1 is 1.17 bits per heavy atom. The molecule has 2 unspecified atom stereocenters. The van der Waals surface area contributed by atoms with Gasteiger partial charge in [-0.2, -0.15) is 4.98 Å². The maximum absolute atomic E-state index is 13.9. The lowest BCUT2D eigenvalue weighted by Crippen LogP contribution is -2.56. The van der Waals surface area contributed by atoms with Gasteiger partial charge in [0.15, 0.2) is 12.4 Å². The summed E-state index contributed by atoms with van der Waals surface area (Å²) in [6, 6.07) is 14.8. The van der Waals surface area contributed by atoms with E-state index in [1.807, 2.05) is 23.1 Å². The Labute approximate surface area is 210 Å². The number of likely N-dealkylation sites (tertiary alicyclic amines) is 1. The summed E-state index contributed by atoms with van der Waals surface area (Å²) in [5.41, 5.74) is 1.60. The average molecular weight is 491 g/mol. The summed E-state index contributed by atoms with van der Waals surface area (Å²) < 4.78 is 25.2. The Balaban J connectivity index is 1.10. The number of hydrogen-bond acceptors (Lipinski definition) is 6. The first kappa shape index (κ1) is 23.2. The van der Waals surface area contributed by atoms with Crippen molar-refractivity contribution in [3.05, 3.63) is 71.6 Å². The van der Waals surface area contributed by atoms with Crippen molar-refractivity contribution in [1.82, 2.24) is 15.0 Å². The number of anilines is 1. The second-order valence-electron chi connectivity index (χ2n) is 10.5. The van der Waals surface area contributed by atoms with Gasteiger partial charge < -0.3 is 14.2 Å². The summed E-state index contributed by atoms with van der Waals surface area (Å²) in [5.74, 6) is 2.32. The van der Waals surface area contributed by atoms with E-state index in [4.69, 9.17) is 9.26 Å². The number of carbonyl (C=O) groups is 1. The maximum atomic E-state index is 13.9. The summed E-state index contributed by atoms with van der Waals surface area (Å²) in [4.78, 5) is 21.6. The van der Waals surface area contributed by atoms with Crippen molar-refractivity contribution in [2.75, 3.05) is 11.4 Å². The van der Waals surface area contributed by atoms with Gasteiger partial charge in [0.2, 0.25) is 5.91 Å². The van der Waals surface area contributed by atoms with E-state index in [2.05, 4.69) is 34.1 Å². The molecule has 0 radical (unpaired) electrons. The maximum Gasteiger partial charge on any atom is 0.264 e. The molecule has 1 saturated carbocycles. The van der Waals surface area contributed by atoms with Gasteiger partial charge >= 0.3 is 0 Å². The molecule has 1 aliphatic carbocycles. The van der Waals surface area contributed by atoms with E-state index in [-0.39, 0.29) is 29.9 Å². The third-order valence-electron chi connectivity index (χ3n) is 7.83. The van der Waals surface area contributed by atoms with Crippen LogP contribution >= 0.6 is 0 Å². The zero-order valence-electron chi connectivity index (χ0n) is 20.5. The minimum Gasteiger partial charge on any atom is -0.484 e. The Morgan fingerprint density at radius 2 is 2.03 bits per heavy atom. The quantitative estimate of drug-likeness (QED) is 0.453. The van der Waals surface area contributed by atoms with Crippen LogP contribution in [0.25, 0.3) is 0 Å². The molecule has 1 amide bonds. The number of piperidine rings is 1. The fourth-order valence-corrected chi connectivity index (χ4v) is 5.83. The second-order valence-corrected chi connectivity index (χ2v) is 10.5. The van der Waals surface area contributed by atoms with Crippen LogP contribution in [0, 0.1) is 5.82 Å². The topological polar surface area (TPSA) is 71.7 Å². The van der Waals surface area contributed by atoms with Gasteiger partial charge in [0.1, 0.15) is 11.6 Å². The van der Waals surface area contributed by atoms with Crippen LogP contribution in [0.15, 0.2) is 53.1 Å². The minimum atomic E-state index is -0.308. The van der Waals surface area contributed by atoms with Crippen LogP contribution in [0.3, 0.4) is 0 Å². The lowest BCUT2D eigenvalue weighted by Gasteiger charge is -2.48. The van der Waals surface area contributed by atoms with Crippen molar-refractivity contribution in [2.24, 2.45) is 0 Å². The van der Waals surface area contributed by atoms with Crippen molar-refractivity contribution >= 4 is 11.6 Å². The van der Waals surface area contributed by atoms with Gasteiger partial charge in [0.25, 0.3) is 5.89 Å². The molecule has 3 aliphatic rings. The largest absolute Gasteiger partial charge is 0.484 e. The number of aromatic nitrogens is 2. The number of carbonyl (C=O) groups excluding carboxylic acids is 1. The van der Waals surface area contributed by atoms with Gasteiger partial charge in [-0.15, -0.1) is 0 Å². The number of nitrogens with zero attached hydrogens (tertiary/aromatic N) is 4. The molecule has 1 spiro atoms. The van der Waals surface area contributed by atoms with Crippen molar-refractivity contribution < 1.29 is 18.4 Å². The van der Waals surface area contributed by atoms with Crippen LogP contribution in [0.5, 0.6) is 5.75 Å². The average Bonchev–Trinajstić information content (AvgIpc) is 3.53. The van der Waals surface area contributed by atoms with Crippen molar-refractivity contribution in [3.63, 3.8) is 0 Å². The predicted octanol–water partition coefficient (Wildman–Crippen LogP) is 5.22. The highest BCUT2D eigenvalue weighted by atomic mass is 19.1. The van der Waals surface area contributed by atoms with E-state index < -0.39 is 0 Å². The van der Waals surface area contributed by atoms with E-state index in [1.54, 1.807) is 6.07 Å². The molecule has 0 N–H and O–H groups in total. The number of halogens is 1. The highest BCUT2D eigenvalue weighted by molar-refractivity contribution is 5.97. The summed E-state index contributed by atoms with van der Waals surface area (Å²) in [5, 5.41) is 4.04. The van der Waals surface area contributed by atoms with Crippen LogP contribution in [0.2, 0.25) is 0 Å². The third kappa shape index (κ3) is 4.62.